The molecule has 0 aliphatic heterocycles. The van der Waals surface area contributed by atoms with Gasteiger partial charge in [0.05, 0.1) is 17.8 Å². The van der Waals surface area contributed by atoms with Crippen molar-refractivity contribution < 1.29 is 18.7 Å². The van der Waals surface area contributed by atoms with Gasteiger partial charge in [0.25, 0.3) is 0 Å². The predicted octanol–water partition coefficient (Wildman–Crippen LogP) is 4.23. The molecular weight excluding hydrogens is 473 g/mol. The van der Waals surface area contributed by atoms with Gasteiger partial charge < -0.3 is 10.1 Å². The predicted molar refractivity (Wildman–Crippen MR) is 140 cm³/mol. The van der Waals surface area contributed by atoms with Crippen LogP contribution in [0.1, 0.15) is 36.9 Å². The lowest BCUT2D eigenvalue weighted by Crippen LogP contribution is -2.46. The van der Waals surface area contributed by atoms with E-state index in [0.717, 1.165) is 5.56 Å². The van der Waals surface area contributed by atoms with Gasteiger partial charge in [-0.05, 0) is 41.3 Å². The summed E-state index contributed by atoms with van der Waals surface area (Å²) in [7, 11) is 1.53. The first-order chi connectivity index (χ1) is 17.9. The lowest BCUT2D eigenvalue weighted by atomic mass is 9.97. The maximum atomic E-state index is 15.2. The number of aromatic nitrogens is 3. The molecule has 1 atom stereocenters. The van der Waals surface area contributed by atoms with Crippen molar-refractivity contribution in [3.05, 3.63) is 89.7 Å². The van der Waals surface area contributed by atoms with E-state index in [2.05, 4.69) is 29.5 Å². The van der Waals surface area contributed by atoms with Crippen LogP contribution in [0.5, 0.6) is 0 Å². The number of fused-ring (bicyclic) bond motifs is 1. The fourth-order valence-electron chi connectivity index (χ4n) is 4.16. The summed E-state index contributed by atoms with van der Waals surface area (Å²) in [6, 6.07) is 19.5. The fourth-order valence-corrected chi connectivity index (χ4v) is 4.16. The average molecular weight is 504 g/mol. The lowest BCUT2D eigenvalue weighted by Gasteiger charge is -2.32. The number of hydrogen-bond donors (Lipinski definition) is 1. The van der Waals surface area contributed by atoms with Crippen molar-refractivity contribution in [1.29, 1.82) is 0 Å². The Labute approximate surface area is 215 Å². The van der Waals surface area contributed by atoms with Crippen molar-refractivity contribution in [2.24, 2.45) is 0 Å². The molecule has 3 aromatic carbocycles. The van der Waals surface area contributed by atoms with Crippen molar-refractivity contribution in [3.8, 4) is 0 Å². The van der Waals surface area contributed by atoms with Gasteiger partial charge in [-0.1, -0.05) is 67.6 Å². The van der Waals surface area contributed by atoms with Crippen molar-refractivity contribution in [3.63, 3.8) is 0 Å². The molecule has 8 nitrogen and oxygen atoms in total. The first-order valence-electron chi connectivity index (χ1n) is 12.1. The summed E-state index contributed by atoms with van der Waals surface area (Å²) in [5.41, 5.74) is 2.92. The summed E-state index contributed by atoms with van der Waals surface area (Å²) < 4.78 is 21.7. The molecule has 2 amide bonds. The number of carbonyl (C=O) groups is 2. The molecule has 0 fully saturated rings. The Bertz CT molecular complexity index is 1370. The number of nitrogens with zero attached hydrogens (tertiary/aromatic N) is 4. The number of nitrogens with one attached hydrogen (secondary N) is 1. The minimum absolute atomic E-state index is 0.00301. The zero-order valence-electron chi connectivity index (χ0n) is 21.1. The average Bonchev–Trinajstić information content (AvgIpc) is 3.30. The van der Waals surface area contributed by atoms with Gasteiger partial charge in [0, 0.05) is 13.7 Å². The summed E-state index contributed by atoms with van der Waals surface area (Å²) in [5.74, 6) is -1.30. The summed E-state index contributed by atoms with van der Waals surface area (Å²) >= 11 is 0. The first-order valence-corrected chi connectivity index (χ1v) is 12.1. The zero-order chi connectivity index (χ0) is 26.4. The Hall–Kier alpha value is -4.11. The van der Waals surface area contributed by atoms with E-state index < -0.39 is 23.7 Å². The van der Waals surface area contributed by atoms with Crippen LogP contribution < -0.4 is 10.2 Å². The summed E-state index contributed by atoms with van der Waals surface area (Å²) in [6.45, 7) is 4.44. The third-order valence-electron chi connectivity index (χ3n) is 6.12. The second-order valence-electron chi connectivity index (χ2n) is 8.96. The van der Waals surface area contributed by atoms with E-state index in [9.17, 15) is 9.59 Å². The Balaban J connectivity index is 1.79. The van der Waals surface area contributed by atoms with Crippen molar-refractivity contribution in [2.45, 2.75) is 32.4 Å². The van der Waals surface area contributed by atoms with E-state index in [4.69, 9.17) is 4.74 Å². The Kier molecular flexibility index (Phi) is 8.25. The topological polar surface area (TPSA) is 89.4 Å². The van der Waals surface area contributed by atoms with Gasteiger partial charge in [0.2, 0.25) is 11.8 Å². The number of para-hydroxylation sites is 2. The number of halogens is 1. The van der Waals surface area contributed by atoms with Gasteiger partial charge in [-0.15, -0.1) is 5.10 Å². The van der Waals surface area contributed by atoms with Gasteiger partial charge in [-0.3, -0.25) is 14.5 Å². The van der Waals surface area contributed by atoms with Crippen LogP contribution in [-0.4, -0.2) is 47.1 Å². The number of carbonyl (C=O) groups excluding carboxylic acids is 2. The van der Waals surface area contributed by atoms with Crippen LogP contribution in [-0.2, 0) is 20.9 Å². The molecule has 0 radical (unpaired) electrons. The SMILES string of the molecule is COCCNC(=O)[C@@H](c1ccc(C(C)C)cc1)N(C(=O)Cn1nnc2ccccc21)c1ccccc1F. The van der Waals surface area contributed by atoms with Crippen LogP contribution in [0.25, 0.3) is 11.0 Å². The summed E-state index contributed by atoms with van der Waals surface area (Å²) in [6.07, 6.45) is 0. The van der Waals surface area contributed by atoms with E-state index in [1.807, 2.05) is 36.4 Å². The molecule has 0 aliphatic rings. The summed E-state index contributed by atoms with van der Waals surface area (Å²) in [4.78, 5) is 28.7. The highest BCUT2D eigenvalue weighted by Crippen LogP contribution is 2.31. The quantitative estimate of drug-likeness (QED) is 0.327. The highest BCUT2D eigenvalue weighted by Gasteiger charge is 2.34. The number of hydrogen-bond acceptors (Lipinski definition) is 5. The summed E-state index contributed by atoms with van der Waals surface area (Å²) in [5, 5.41) is 11.0. The van der Waals surface area contributed by atoms with E-state index in [0.29, 0.717) is 23.2 Å². The van der Waals surface area contributed by atoms with Crippen LogP contribution in [0, 0.1) is 5.82 Å². The maximum Gasteiger partial charge on any atom is 0.249 e. The Morgan fingerprint density at radius 1 is 1.00 bits per heavy atom. The van der Waals surface area contributed by atoms with Crippen molar-refractivity contribution in [1.82, 2.24) is 20.3 Å². The third-order valence-corrected chi connectivity index (χ3v) is 6.12. The molecule has 37 heavy (non-hydrogen) atoms. The molecule has 0 saturated heterocycles. The van der Waals surface area contributed by atoms with Crippen LogP contribution in [0.2, 0.25) is 0 Å². The number of benzene rings is 3. The number of rotatable bonds is 10. The molecule has 0 unspecified atom stereocenters. The molecule has 0 bridgehead atoms. The number of ether oxygens (including phenoxy) is 1. The van der Waals surface area contributed by atoms with Crippen molar-refractivity contribution >= 4 is 28.5 Å². The first kappa shape index (κ1) is 26.0. The van der Waals surface area contributed by atoms with E-state index in [1.165, 1.54) is 34.9 Å². The van der Waals surface area contributed by atoms with E-state index in [1.54, 1.807) is 18.2 Å². The molecule has 0 saturated carbocycles. The lowest BCUT2D eigenvalue weighted by molar-refractivity contribution is -0.127. The molecule has 1 N–H and O–H groups in total. The molecule has 0 spiro atoms. The highest BCUT2D eigenvalue weighted by molar-refractivity contribution is 6.01. The van der Waals surface area contributed by atoms with E-state index in [-0.39, 0.29) is 24.7 Å². The molecular formula is C28H30FN5O3. The Morgan fingerprint density at radius 2 is 1.68 bits per heavy atom. The largest absolute Gasteiger partial charge is 0.383 e. The molecule has 4 rings (SSSR count). The minimum atomic E-state index is -1.13. The third kappa shape index (κ3) is 5.83. The molecule has 4 aromatic rings. The Morgan fingerprint density at radius 3 is 2.38 bits per heavy atom. The standard InChI is InChI=1S/C28H30FN5O3/c1-19(2)20-12-14-21(15-13-20)27(28(36)30-16-17-37-3)34(24-10-6-4-8-22(24)29)26(35)18-33-25-11-7-5-9-23(25)31-32-33/h4-15,19,27H,16-18H2,1-3H3,(H,30,36)/t27-/m1/s1. The van der Waals surface area contributed by atoms with Crippen LogP contribution in [0.3, 0.4) is 0 Å². The number of methoxy groups -OCH3 is 1. The van der Waals surface area contributed by atoms with Gasteiger partial charge in [-0.2, -0.15) is 0 Å². The maximum absolute atomic E-state index is 15.2. The zero-order valence-corrected chi connectivity index (χ0v) is 21.1. The van der Waals surface area contributed by atoms with Crippen LogP contribution in [0.4, 0.5) is 10.1 Å². The van der Waals surface area contributed by atoms with Gasteiger partial charge in [0.1, 0.15) is 23.9 Å². The molecule has 0 aliphatic carbocycles. The van der Waals surface area contributed by atoms with Crippen LogP contribution >= 0.6 is 0 Å². The van der Waals surface area contributed by atoms with Gasteiger partial charge in [-0.25, -0.2) is 9.07 Å². The van der Waals surface area contributed by atoms with Gasteiger partial charge in [0.15, 0.2) is 0 Å². The second-order valence-corrected chi connectivity index (χ2v) is 8.96. The minimum Gasteiger partial charge on any atom is -0.383 e. The van der Waals surface area contributed by atoms with Crippen LogP contribution in [0.15, 0.2) is 72.8 Å². The van der Waals surface area contributed by atoms with Crippen molar-refractivity contribution in [2.75, 3.05) is 25.2 Å². The monoisotopic (exact) mass is 503 g/mol. The fraction of sp³-hybridized carbons (Fsp3) is 0.286. The highest BCUT2D eigenvalue weighted by atomic mass is 19.1. The molecule has 1 aromatic heterocycles. The normalized spacial score (nSPS) is 12.0. The number of amides is 2. The van der Waals surface area contributed by atoms with E-state index >= 15 is 4.39 Å². The number of anilines is 1. The molecule has 9 heteroatoms. The second kappa shape index (κ2) is 11.7. The molecule has 1 heterocycles. The smallest absolute Gasteiger partial charge is 0.249 e. The van der Waals surface area contributed by atoms with Gasteiger partial charge >= 0.3 is 0 Å². The molecule has 192 valence electrons.